The molecule has 0 N–H and O–H groups in total. The number of carbonyl (C=O) groups is 1. The van der Waals surface area contributed by atoms with Gasteiger partial charge in [-0.2, -0.15) is 0 Å². The molecule has 1 amide bonds. The van der Waals surface area contributed by atoms with Crippen molar-refractivity contribution in [2.75, 3.05) is 40.9 Å². The molecule has 0 aromatic heterocycles. The van der Waals surface area contributed by atoms with E-state index < -0.39 is 0 Å². The summed E-state index contributed by atoms with van der Waals surface area (Å²) in [6.07, 6.45) is 0. The van der Waals surface area contributed by atoms with E-state index in [0.717, 1.165) is 18.7 Å². The van der Waals surface area contributed by atoms with Crippen LogP contribution in [0.1, 0.15) is 22.0 Å². The maximum Gasteiger partial charge on any atom is 0.258 e. The Morgan fingerprint density at radius 1 is 1.04 bits per heavy atom. The summed E-state index contributed by atoms with van der Waals surface area (Å²) < 4.78 is 10.7. The van der Waals surface area contributed by atoms with Crippen molar-refractivity contribution in [2.24, 2.45) is 0 Å². The summed E-state index contributed by atoms with van der Waals surface area (Å²) in [7, 11) is 5.26. The number of piperazine rings is 1. The van der Waals surface area contributed by atoms with E-state index in [1.807, 2.05) is 23.1 Å². The van der Waals surface area contributed by atoms with Gasteiger partial charge in [0.25, 0.3) is 5.91 Å². The molecule has 0 bridgehead atoms. The Morgan fingerprint density at radius 3 is 2.48 bits per heavy atom. The second-order valence-electron chi connectivity index (χ2n) is 6.25. The number of benzene rings is 2. The van der Waals surface area contributed by atoms with Gasteiger partial charge < -0.3 is 19.3 Å². The number of methoxy groups -OCH3 is 2. The van der Waals surface area contributed by atoms with Crippen molar-refractivity contribution in [3.63, 3.8) is 0 Å². The van der Waals surface area contributed by atoms with Crippen molar-refractivity contribution in [1.82, 2.24) is 9.80 Å². The minimum absolute atomic E-state index is 0.0170. The van der Waals surface area contributed by atoms with Crippen molar-refractivity contribution < 1.29 is 14.3 Å². The van der Waals surface area contributed by atoms with Gasteiger partial charge in [0.05, 0.1) is 25.8 Å². The van der Waals surface area contributed by atoms with E-state index in [-0.39, 0.29) is 11.9 Å². The molecule has 5 heteroatoms. The minimum atomic E-state index is -0.0299. The second-order valence-corrected chi connectivity index (χ2v) is 6.25. The molecule has 132 valence electrons. The number of rotatable bonds is 4. The van der Waals surface area contributed by atoms with Gasteiger partial charge in [0.15, 0.2) is 0 Å². The van der Waals surface area contributed by atoms with Crippen LogP contribution in [0.4, 0.5) is 0 Å². The molecule has 1 heterocycles. The molecule has 2 aromatic rings. The first-order chi connectivity index (χ1) is 12.1. The summed E-state index contributed by atoms with van der Waals surface area (Å²) in [4.78, 5) is 17.5. The SMILES string of the molecule is COc1ccc(OC)c(C(=O)N2CCN(C)CC2c2ccccc2)c1. The van der Waals surface area contributed by atoms with Crippen LogP contribution in [0, 0.1) is 0 Å². The number of ether oxygens (including phenoxy) is 2. The lowest BCUT2D eigenvalue weighted by Crippen LogP contribution is -2.49. The number of nitrogens with zero attached hydrogens (tertiary/aromatic N) is 2. The third kappa shape index (κ3) is 3.61. The summed E-state index contributed by atoms with van der Waals surface area (Å²) in [6.45, 7) is 2.33. The molecule has 1 aliphatic rings. The van der Waals surface area contributed by atoms with Gasteiger partial charge >= 0.3 is 0 Å². The molecule has 1 unspecified atom stereocenters. The average molecular weight is 340 g/mol. The normalized spacial score (nSPS) is 18.0. The second kappa shape index (κ2) is 7.57. The van der Waals surface area contributed by atoms with Crippen LogP contribution in [0.2, 0.25) is 0 Å². The van der Waals surface area contributed by atoms with Crippen molar-refractivity contribution >= 4 is 5.91 Å². The molecular formula is C20H24N2O3. The van der Waals surface area contributed by atoms with E-state index in [4.69, 9.17) is 9.47 Å². The summed E-state index contributed by atoms with van der Waals surface area (Å²) >= 11 is 0. The number of amides is 1. The molecule has 3 rings (SSSR count). The van der Waals surface area contributed by atoms with E-state index in [1.54, 1.807) is 32.4 Å². The predicted molar refractivity (Wildman–Crippen MR) is 97.3 cm³/mol. The highest BCUT2D eigenvalue weighted by Crippen LogP contribution is 2.31. The first-order valence-electron chi connectivity index (χ1n) is 8.40. The Morgan fingerprint density at radius 2 is 1.80 bits per heavy atom. The molecule has 1 aliphatic heterocycles. The molecule has 0 spiro atoms. The molecule has 0 aliphatic carbocycles. The molecule has 1 saturated heterocycles. The van der Waals surface area contributed by atoms with Gasteiger partial charge in [-0.15, -0.1) is 0 Å². The highest BCUT2D eigenvalue weighted by atomic mass is 16.5. The van der Waals surface area contributed by atoms with E-state index in [9.17, 15) is 4.79 Å². The monoisotopic (exact) mass is 340 g/mol. The van der Waals surface area contributed by atoms with Gasteiger partial charge in [-0.3, -0.25) is 4.79 Å². The number of carbonyl (C=O) groups excluding carboxylic acids is 1. The van der Waals surface area contributed by atoms with Crippen LogP contribution in [0.25, 0.3) is 0 Å². The fraction of sp³-hybridized carbons (Fsp3) is 0.350. The van der Waals surface area contributed by atoms with Crippen LogP contribution in [0.15, 0.2) is 48.5 Å². The third-order valence-electron chi connectivity index (χ3n) is 4.67. The van der Waals surface area contributed by atoms with Gasteiger partial charge in [0, 0.05) is 19.6 Å². The largest absolute Gasteiger partial charge is 0.497 e. The highest BCUT2D eigenvalue weighted by molar-refractivity contribution is 5.97. The Balaban J connectivity index is 1.96. The molecule has 1 fully saturated rings. The first-order valence-corrected chi connectivity index (χ1v) is 8.40. The van der Waals surface area contributed by atoms with Crippen molar-refractivity contribution in [3.8, 4) is 11.5 Å². The van der Waals surface area contributed by atoms with E-state index >= 15 is 0 Å². The average Bonchev–Trinajstić information content (AvgIpc) is 2.67. The zero-order chi connectivity index (χ0) is 17.8. The summed E-state index contributed by atoms with van der Waals surface area (Å²) in [5.74, 6) is 1.18. The quantitative estimate of drug-likeness (QED) is 0.858. The Labute approximate surface area is 148 Å². The first kappa shape index (κ1) is 17.3. The van der Waals surface area contributed by atoms with Crippen LogP contribution in [0.3, 0.4) is 0 Å². The van der Waals surface area contributed by atoms with Crippen molar-refractivity contribution in [2.45, 2.75) is 6.04 Å². The summed E-state index contributed by atoms with van der Waals surface area (Å²) in [5.41, 5.74) is 1.68. The maximum absolute atomic E-state index is 13.3. The van der Waals surface area contributed by atoms with Crippen LogP contribution in [0.5, 0.6) is 11.5 Å². The standard InChI is InChI=1S/C20H24N2O3/c1-21-11-12-22(18(14-21)15-7-5-4-6-8-15)20(23)17-13-16(24-2)9-10-19(17)25-3/h4-10,13,18H,11-12,14H2,1-3H3. The minimum Gasteiger partial charge on any atom is -0.497 e. The molecule has 1 atom stereocenters. The highest BCUT2D eigenvalue weighted by Gasteiger charge is 2.32. The zero-order valence-corrected chi connectivity index (χ0v) is 14.9. The van der Waals surface area contributed by atoms with E-state index in [2.05, 4.69) is 24.1 Å². The van der Waals surface area contributed by atoms with E-state index in [1.165, 1.54) is 0 Å². The number of hydrogen-bond donors (Lipinski definition) is 0. The van der Waals surface area contributed by atoms with Crippen molar-refractivity contribution in [3.05, 3.63) is 59.7 Å². The summed E-state index contributed by atoms with van der Waals surface area (Å²) in [5, 5.41) is 0. The van der Waals surface area contributed by atoms with Crippen molar-refractivity contribution in [1.29, 1.82) is 0 Å². The number of likely N-dealkylation sites (N-methyl/N-ethyl adjacent to an activating group) is 1. The zero-order valence-electron chi connectivity index (χ0n) is 14.9. The maximum atomic E-state index is 13.3. The van der Waals surface area contributed by atoms with Gasteiger partial charge in [-0.1, -0.05) is 30.3 Å². The molecule has 5 nitrogen and oxygen atoms in total. The van der Waals surface area contributed by atoms with E-state index in [0.29, 0.717) is 23.6 Å². The smallest absolute Gasteiger partial charge is 0.258 e. The predicted octanol–water partition coefficient (Wildman–Crippen LogP) is 2.83. The Bertz CT molecular complexity index is 733. The molecule has 2 aromatic carbocycles. The topological polar surface area (TPSA) is 42.0 Å². The molecule has 0 saturated carbocycles. The Kier molecular flexibility index (Phi) is 5.24. The fourth-order valence-electron chi connectivity index (χ4n) is 3.26. The van der Waals surface area contributed by atoms with Crippen LogP contribution < -0.4 is 9.47 Å². The molecule has 0 radical (unpaired) electrons. The molecule has 25 heavy (non-hydrogen) atoms. The van der Waals surface area contributed by atoms with Gasteiger partial charge in [0.1, 0.15) is 11.5 Å². The van der Waals surface area contributed by atoms with Gasteiger partial charge in [0.2, 0.25) is 0 Å². The van der Waals surface area contributed by atoms with Crippen LogP contribution in [-0.2, 0) is 0 Å². The lowest BCUT2D eigenvalue weighted by atomic mass is 10.0. The lowest BCUT2D eigenvalue weighted by molar-refractivity contribution is 0.0494. The third-order valence-corrected chi connectivity index (χ3v) is 4.67. The van der Waals surface area contributed by atoms with Gasteiger partial charge in [-0.25, -0.2) is 0 Å². The van der Waals surface area contributed by atoms with Crippen LogP contribution >= 0.6 is 0 Å². The lowest BCUT2D eigenvalue weighted by Gasteiger charge is -2.40. The fourth-order valence-corrected chi connectivity index (χ4v) is 3.26. The van der Waals surface area contributed by atoms with Crippen LogP contribution in [-0.4, -0.2) is 56.6 Å². The summed E-state index contributed by atoms with van der Waals surface area (Å²) in [6, 6.07) is 15.5. The number of hydrogen-bond acceptors (Lipinski definition) is 4. The molecular weight excluding hydrogens is 316 g/mol. The Hall–Kier alpha value is -2.53. The van der Waals surface area contributed by atoms with Gasteiger partial charge in [-0.05, 0) is 30.8 Å².